The Morgan fingerprint density at radius 3 is 2.32 bits per heavy atom. The second kappa shape index (κ2) is 5.45. The van der Waals surface area contributed by atoms with E-state index in [4.69, 9.17) is 14.2 Å². The highest BCUT2D eigenvalue weighted by Crippen LogP contribution is 2.47. The number of esters is 1. The normalized spacial score (nSPS) is 48.4. The third-order valence-electron chi connectivity index (χ3n) is 5.73. The van der Waals surface area contributed by atoms with Crippen molar-refractivity contribution in [3.05, 3.63) is 0 Å². The summed E-state index contributed by atoms with van der Waals surface area (Å²) in [4.78, 5) is 12.0. The van der Waals surface area contributed by atoms with Gasteiger partial charge in [-0.05, 0) is 59.8 Å². The molecule has 3 saturated heterocycles. The third kappa shape index (κ3) is 2.84. The fourth-order valence-electron chi connectivity index (χ4n) is 4.06. The summed E-state index contributed by atoms with van der Waals surface area (Å²) >= 11 is 3.77. The molecule has 0 amide bonds. The van der Waals surface area contributed by atoms with Gasteiger partial charge in [-0.25, -0.2) is 0 Å². The van der Waals surface area contributed by atoms with E-state index >= 15 is 0 Å². The van der Waals surface area contributed by atoms with Crippen molar-refractivity contribution >= 4 is 21.9 Å². The SMILES string of the molecule is CC1(C)O[C@@H]2CC[C@@]3(C)OC(=O)CC[C@@H]3O[C@@]2(C)CC[C@@H]1Br. The Bertz CT molecular complexity index is 466. The number of hydrogen-bond donors (Lipinski definition) is 0. The molecule has 3 aliphatic heterocycles. The fourth-order valence-corrected chi connectivity index (χ4v) is 4.39. The lowest BCUT2D eigenvalue weighted by molar-refractivity contribution is -0.221. The molecule has 4 nitrogen and oxygen atoms in total. The molecule has 0 bridgehead atoms. The van der Waals surface area contributed by atoms with Crippen molar-refractivity contribution in [1.29, 1.82) is 0 Å². The number of carbonyl (C=O) groups excluding carboxylic acids is 1. The molecule has 5 heteroatoms. The third-order valence-corrected chi connectivity index (χ3v) is 7.29. The van der Waals surface area contributed by atoms with Crippen LogP contribution in [0.1, 0.15) is 66.2 Å². The number of ether oxygens (including phenoxy) is 3. The highest BCUT2D eigenvalue weighted by Gasteiger charge is 2.54. The average molecular weight is 375 g/mol. The lowest BCUT2D eigenvalue weighted by atomic mass is 9.87. The first-order chi connectivity index (χ1) is 10.1. The van der Waals surface area contributed by atoms with Crippen molar-refractivity contribution in [3.63, 3.8) is 0 Å². The first kappa shape index (κ1) is 16.7. The molecule has 0 aromatic heterocycles. The van der Waals surface area contributed by atoms with Crippen LogP contribution in [0.2, 0.25) is 0 Å². The first-order valence-corrected chi connectivity index (χ1v) is 9.28. The lowest BCUT2D eigenvalue weighted by Gasteiger charge is -2.42. The monoisotopic (exact) mass is 374 g/mol. The Morgan fingerprint density at radius 2 is 1.59 bits per heavy atom. The average Bonchev–Trinajstić information content (AvgIpc) is 2.57. The molecule has 0 N–H and O–H groups in total. The van der Waals surface area contributed by atoms with Crippen LogP contribution in [0.4, 0.5) is 0 Å². The van der Waals surface area contributed by atoms with E-state index in [-0.39, 0.29) is 29.4 Å². The van der Waals surface area contributed by atoms with Crippen LogP contribution in [-0.4, -0.2) is 39.8 Å². The largest absolute Gasteiger partial charge is 0.457 e. The molecule has 0 radical (unpaired) electrons. The summed E-state index contributed by atoms with van der Waals surface area (Å²) < 4.78 is 18.7. The Balaban J connectivity index is 1.88. The summed E-state index contributed by atoms with van der Waals surface area (Å²) in [5.74, 6) is -0.101. The Kier molecular flexibility index (Phi) is 4.14. The van der Waals surface area contributed by atoms with Crippen LogP contribution >= 0.6 is 15.9 Å². The van der Waals surface area contributed by atoms with E-state index in [9.17, 15) is 4.79 Å². The highest BCUT2D eigenvalue weighted by atomic mass is 79.9. The summed E-state index contributed by atoms with van der Waals surface area (Å²) in [6.07, 6.45) is 4.84. The van der Waals surface area contributed by atoms with Gasteiger partial charge in [0.25, 0.3) is 0 Å². The lowest BCUT2D eigenvalue weighted by Crippen LogP contribution is -2.51. The second-order valence-corrected chi connectivity index (χ2v) is 9.10. The van der Waals surface area contributed by atoms with E-state index in [1.807, 2.05) is 6.92 Å². The molecule has 3 rings (SSSR count). The van der Waals surface area contributed by atoms with Crippen molar-refractivity contribution < 1.29 is 19.0 Å². The molecule has 5 atom stereocenters. The number of halogens is 1. The van der Waals surface area contributed by atoms with E-state index in [0.717, 1.165) is 32.1 Å². The number of rotatable bonds is 0. The zero-order valence-corrected chi connectivity index (χ0v) is 15.6. The first-order valence-electron chi connectivity index (χ1n) is 8.36. The second-order valence-electron chi connectivity index (χ2n) is 8.00. The summed E-state index contributed by atoms with van der Waals surface area (Å²) in [7, 11) is 0. The molecule has 0 aliphatic carbocycles. The molecule has 3 aliphatic rings. The molecule has 126 valence electrons. The molecule has 0 aromatic rings. The van der Waals surface area contributed by atoms with Gasteiger partial charge in [0, 0.05) is 11.2 Å². The van der Waals surface area contributed by atoms with Gasteiger partial charge in [-0.1, -0.05) is 15.9 Å². The standard InChI is InChI=1S/C17H27BrO4/c1-15(2)11(18)7-9-16(3)13(20-15)8-10-17(4)12(21-16)5-6-14(19)22-17/h11-13H,5-10H2,1-4H3/t11-,12-,13+,16-,17+/m0/s1. The minimum absolute atomic E-state index is 0.0289. The van der Waals surface area contributed by atoms with Gasteiger partial charge in [-0.2, -0.15) is 0 Å². The molecular weight excluding hydrogens is 348 g/mol. The number of hydrogen-bond acceptors (Lipinski definition) is 4. The molecule has 0 saturated carbocycles. The van der Waals surface area contributed by atoms with Gasteiger partial charge in [0.15, 0.2) is 0 Å². The Labute approximate surface area is 141 Å². The van der Waals surface area contributed by atoms with Crippen LogP contribution in [0, 0.1) is 0 Å². The topological polar surface area (TPSA) is 44.8 Å². The van der Waals surface area contributed by atoms with Crippen LogP contribution in [0.3, 0.4) is 0 Å². The van der Waals surface area contributed by atoms with Crippen LogP contribution in [0.5, 0.6) is 0 Å². The molecule has 0 spiro atoms. The highest BCUT2D eigenvalue weighted by molar-refractivity contribution is 9.09. The summed E-state index contributed by atoms with van der Waals surface area (Å²) in [6.45, 7) is 8.46. The van der Waals surface area contributed by atoms with Gasteiger partial charge < -0.3 is 14.2 Å². The predicted octanol–water partition coefficient (Wildman–Crippen LogP) is 3.74. The molecule has 3 fully saturated rings. The maximum absolute atomic E-state index is 11.7. The molecule has 3 heterocycles. The summed E-state index contributed by atoms with van der Waals surface area (Å²) in [5, 5.41) is 0. The minimum Gasteiger partial charge on any atom is -0.457 e. The van der Waals surface area contributed by atoms with E-state index < -0.39 is 5.60 Å². The van der Waals surface area contributed by atoms with Gasteiger partial charge in [-0.15, -0.1) is 0 Å². The van der Waals surface area contributed by atoms with Crippen LogP contribution in [-0.2, 0) is 19.0 Å². The van der Waals surface area contributed by atoms with Gasteiger partial charge in [-0.3, -0.25) is 4.79 Å². The zero-order chi connectivity index (χ0) is 16.2. The van der Waals surface area contributed by atoms with Crippen molar-refractivity contribution in [1.82, 2.24) is 0 Å². The van der Waals surface area contributed by atoms with E-state index in [1.54, 1.807) is 0 Å². The summed E-state index contributed by atoms with van der Waals surface area (Å²) in [6, 6.07) is 0. The van der Waals surface area contributed by atoms with Crippen LogP contribution in [0.25, 0.3) is 0 Å². The predicted molar refractivity (Wildman–Crippen MR) is 87.1 cm³/mol. The van der Waals surface area contributed by atoms with Crippen molar-refractivity contribution in [2.75, 3.05) is 0 Å². The van der Waals surface area contributed by atoms with E-state index in [1.165, 1.54) is 0 Å². The number of alkyl halides is 1. The fraction of sp³-hybridized carbons (Fsp3) is 0.941. The van der Waals surface area contributed by atoms with Gasteiger partial charge >= 0.3 is 5.97 Å². The van der Waals surface area contributed by atoms with Crippen LogP contribution < -0.4 is 0 Å². The summed E-state index contributed by atoms with van der Waals surface area (Å²) in [5.41, 5.74) is -1.04. The smallest absolute Gasteiger partial charge is 0.306 e. The maximum Gasteiger partial charge on any atom is 0.306 e. The quantitative estimate of drug-likeness (QED) is 0.478. The zero-order valence-electron chi connectivity index (χ0n) is 14.0. The van der Waals surface area contributed by atoms with E-state index in [0.29, 0.717) is 11.2 Å². The number of carbonyl (C=O) groups is 1. The van der Waals surface area contributed by atoms with Crippen molar-refractivity contribution in [2.45, 2.75) is 100 Å². The van der Waals surface area contributed by atoms with E-state index in [2.05, 4.69) is 36.7 Å². The molecule has 0 unspecified atom stereocenters. The van der Waals surface area contributed by atoms with Crippen molar-refractivity contribution in [3.8, 4) is 0 Å². The Morgan fingerprint density at radius 1 is 0.955 bits per heavy atom. The molecule has 22 heavy (non-hydrogen) atoms. The number of fused-ring (bicyclic) bond motifs is 2. The minimum atomic E-state index is -0.508. The van der Waals surface area contributed by atoms with Gasteiger partial charge in [0.05, 0.1) is 23.4 Å². The molecule has 0 aromatic carbocycles. The van der Waals surface area contributed by atoms with Crippen molar-refractivity contribution in [2.24, 2.45) is 0 Å². The van der Waals surface area contributed by atoms with Gasteiger partial charge in [0.2, 0.25) is 0 Å². The van der Waals surface area contributed by atoms with Gasteiger partial charge in [0.1, 0.15) is 5.60 Å². The Hall–Kier alpha value is -0.130. The maximum atomic E-state index is 11.7. The molecular formula is C17H27BrO4. The van der Waals surface area contributed by atoms with Crippen LogP contribution in [0.15, 0.2) is 0 Å².